The average Bonchev–Trinajstić information content (AvgIpc) is 2.43. The van der Waals surface area contributed by atoms with Crippen molar-refractivity contribution in [1.29, 1.82) is 0 Å². The maximum atomic E-state index is 11.5. The summed E-state index contributed by atoms with van der Waals surface area (Å²) in [5, 5.41) is 2.80. The summed E-state index contributed by atoms with van der Waals surface area (Å²) in [5.41, 5.74) is 1.79. The number of rotatable bonds is 6. The highest BCUT2D eigenvalue weighted by Gasteiger charge is 2.17. The van der Waals surface area contributed by atoms with Crippen molar-refractivity contribution < 1.29 is 14.3 Å². The summed E-state index contributed by atoms with van der Waals surface area (Å²) in [5.74, 6) is -0.546. The van der Waals surface area contributed by atoms with E-state index >= 15 is 0 Å². The quantitative estimate of drug-likeness (QED) is 0.287. The Hall–Kier alpha value is 0.640. The molecule has 1 aromatic rings. The van der Waals surface area contributed by atoms with Crippen molar-refractivity contribution in [3.63, 3.8) is 0 Å². The first-order chi connectivity index (χ1) is 9.90. The topological polar surface area (TPSA) is 55.4 Å². The maximum absolute atomic E-state index is 11.5. The molecule has 0 radical (unpaired) electrons. The highest BCUT2D eigenvalue weighted by atomic mass is 127. The molecule has 0 aliphatic heterocycles. The van der Waals surface area contributed by atoms with E-state index < -0.39 is 0 Å². The SMILES string of the molecule is CCOC(=O)CCc1c(I)cc(I)c(NC(=O)CCl)c1I. The molecule has 0 saturated carbocycles. The van der Waals surface area contributed by atoms with Gasteiger partial charge in [0.05, 0.1) is 12.3 Å². The molecular weight excluding hydrogens is 634 g/mol. The monoisotopic (exact) mass is 647 g/mol. The Morgan fingerprint density at radius 3 is 2.52 bits per heavy atom. The van der Waals surface area contributed by atoms with Crippen LogP contribution in [0.2, 0.25) is 0 Å². The third-order valence-corrected chi connectivity index (χ3v) is 5.78. The zero-order chi connectivity index (χ0) is 16.0. The van der Waals surface area contributed by atoms with Gasteiger partial charge in [0.1, 0.15) is 5.88 Å². The van der Waals surface area contributed by atoms with Gasteiger partial charge >= 0.3 is 5.97 Å². The van der Waals surface area contributed by atoms with Crippen LogP contribution in [-0.4, -0.2) is 24.4 Å². The Morgan fingerprint density at radius 2 is 1.95 bits per heavy atom. The fraction of sp³-hybridized carbons (Fsp3) is 0.385. The molecule has 0 aromatic heterocycles. The molecule has 116 valence electrons. The van der Waals surface area contributed by atoms with Crippen LogP contribution in [0.25, 0.3) is 0 Å². The number of hydrogen-bond donors (Lipinski definition) is 1. The van der Waals surface area contributed by atoms with E-state index in [2.05, 4.69) is 73.1 Å². The number of amides is 1. The molecule has 0 spiro atoms. The van der Waals surface area contributed by atoms with Crippen LogP contribution in [0.15, 0.2) is 6.07 Å². The molecule has 8 heteroatoms. The molecule has 0 heterocycles. The van der Waals surface area contributed by atoms with Gasteiger partial charge in [0, 0.05) is 17.1 Å². The van der Waals surface area contributed by atoms with Crippen molar-refractivity contribution in [3.05, 3.63) is 22.3 Å². The second-order valence-corrected chi connectivity index (χ2v) is 7.66. The van der Waals surface area contributed by atoms with Crippen LogP contribution in [0.3, 0.4) is 0 Å². The van der Waals surface area contributed by atoms with Crippen molar-refractivity contribution in [1.82, 2.24) is 0 Å². The first kappa shape index (κ1) is 19.7. The Morgan fingerprint density at radius 1 is 1.29 bits per heavy atom. The minimum Gasteiger partial charge on any atom is -0.466 e. The summed E-state index contributed by atoms with van der Waals surface area (Å²) >= 11 is 12.1. The summed E-state index contributed by atoms with van der Waals surface area (Å²) in [6, 6.07) is 1.98. The zero-order valence-electron chi connectivity index (χ0n) is 11.1. The van der Waals surface area contributed by atoms with Gasteiger partial charge < -0.3 is 10.1 Å². The number of nitrogens with one attached hydrogen (secondary N) is 1. The van der Waals surface area contributed by atoms with Gasteiger partial charge in [-0.2, -0.15) is 0 Å². The zero-order valence-corrected chi connectivity index (χ0v) is 18.4. The predicted molar refractivity (Wildman–Crippen MR) is 109 cm³/mol. The first-order valence-corrected chi connectivity index (χ1v) is 9.85. The van der Waals surface area contributed by atoms with Crippen LogP contribution < -0.4 is 5.32 Å². The highest BCUT2D eigenvalue weighted by molar-refractivity contribution is 14.1. The summed E-state index contributed by atoms with van der Waals surface area (Å²) in [4.78, 5) is 23.0. The van der Waals surface area contributed by atoms with E-state index in [-0.39, 0.29) is 17.8 Å². The number of anilines is 1. The lowest BCUT2D eigenvalue weighted by molar-refractivity contribution is -0.143. The van der Waals surface area contributed by atoms with E-state index in [9.17, 15) is 9.59 Å². The second-order valence-electron chi connectivity index (χ2n) is 3.99. The largest absolute Gasteiger partial charge is 0.466 e. The van der Waals surface area contributed by atoms with E-state index in [0.29, 0.717) is 19.4 Å². The molecule has 1 N–H and O–H groups in total. The van der Waals surface area contributed by atoms with Gasteiger partial charge in [-0.05, 0) is 92.7 Å². The van der Waals surface area contributed by atoms with Gasteiger partial charge in [-0.25, -0.2) is 0 Å². The van der Waals surface area contributed by atoms with Crippen molar-refractivity contribution in [2.24, 2.45) is 0 Å². The average molecular weight is 647 g/mol. The molecule has 0 fully saturated rings. The van der Waals surface area contributed by atoms with E-state index in [0.717, 1.165) is 22.0 Å². The molecule has 1 rings (SSSR count). The Labute approximate surface area is 169 Å². The number of carbonyl (C=O) groups excluding carboxylic acids is 2. The minimum atomic E-state index is -0.245. The Balaban J connectivity index is 3.01. The fourth-order valence-corrected chi connectivity index (χ4v) is 5.85. The van der Waals surface area contributed by atoms with Crippen molar-refractivity contribution in [2.45, 2.75) is 19.8 Å². The number of esters is 1. The van der Waals surface area contributed by atoms with E-state index in [4.69, 9.17) is 16.3 Å². The normalized spacial score (nSPS) is 10.3. The van der Waals surface area contributed by atoms with E-state index in [1.54, 1.807) is 6.92 Å². The third kappa shape index (κ3) is 5.98. The number of carbonyl (C=O) groups is 2. The summed E-state index contributed by atoms with van der Waals surface area (Å²) in [6.07, 6.45) is 0.902. The Kier molecular flexibility index (Phi) is 9.10. The van der Waals surface area contributed by atoms with Crippen molar-refractivity contribution >= 4 is 96.9 Å². The highest BCUT2D eigenvalue weighted by Crippen LogP contribution is 2.32. The standard InChI is InChI=1S/C13H13ClI3NO3/c1-2-21-11(20)4-3-7-8(15)5-9(16)13(12(7)17)18-10(19)6-14/h5H,2-4,6H2,1H3,(H,18,19). The van der Waals surface area contributed by atoms with Crippen LogP contribution in [0.4, 0.5) is 5.69 Å². The Bertz CT molecular complexity index is 552. The lowest BCUT2D eigenvalue weighted by Gasteiger charge is -2.15. The molecule has 0 aliphatic carbocycles. The van der Waals surface area contributed by atoms with Crippen LogP contribution in [-0.2, 0) is 20.7 Å². The van der Waals surface area contributed by atoms with Crippen LogP contribution in [0.5, 0.6) is 0 Å². The van der Waals surface area contributed by atoms with E-state index in [1.807, 2.05) is 6.07 Å². The maximum Gasteiger partial charge on any atom is 0.306 e. The number of halogens is 4. The first-order valence-electron chi connectivity index (χ1n) is 6.08. The number of hydrogen-bond acceptors (Lipinski definition) is 3. The van der Waals surface area contributed by atoms with E-state index in [1.165, 1.54) is 0 Å². The molecule has 21 heavy (non-hydrogen) atoms. The molecule has 0 unspecified atom stereocenters. The molecule has 4 nitrogen and oxygen atoms in total. The lowest BCUT2D eigenvalue weighted by Crippen LogP contribution is -2.16. The molecule has 1 aromatic carbocycles. The fourth-order valence-electron chi connectivity index (χ4n) is 1.61. The summed E-state index contributed by atoms with van der Waals surface area (Å²) < 4.78 is 7.89. The van der Waals surface area contributed by atoms with Gasteiger partial charge in [-0.3, -0.25) is 9.59 Å². The molecule has 0 bridgehead atoms. The second kappa shape index (κ2) is 9.71. The molecule has 0 saturated heterocycles. The molecule has 0 atom stereocenters. The van der Waals surface area contributed by atoms with Crippen LogP contribution >= 0.6 is 79.4 Å². The number of alkyl halides is 1. The molecule has 0 aliphatic rings. The van der Waals surface area contributed by atoms with Crippen molar-refractivity contribution in [2.75, 3.05) is 17.8 Å². The predicted octanol–water partition coefficient (Wildman–Crippen LogP) is 4.17. The molecular formula is C13H13ClI3NO3. The number of benzene rings is 1. The van der Waals surface area contributed by atoms with Crippen LogP contribution in [0, 0.1) is 10.7 Å². The van der Waals surface area contributed by atoms with Gasteiger partial charge in [0.2, 0.25) is 5.91 Å². The molecule has 1 amide bonds. The lowest BCUT2D eigenvalue weighted by atomic mass is 10.1. The van der Waals surface area contributed by atoms with Gasteiger partial charge in [0.15, 0.2) is 0 Å². The van der Waals surface area contributed by atoms with Gasteiger partial charge in [-0.15, -0.1) is 11.6 Å². The summed E-state index contributed by atoms with van der Waals surface area (Å²) in [7, 11) is 0. The summed E-state index contributed by atoms with van der Waals surface area (Å²) in [6.45, 7) is 2.17. The number of ether oxygens (including phenoxy) is 1. The van der Waals surface area contributed by atoms with Crippen LogP contribution in [0.1, 0.15) is 18.9 Å². The minimum absolute atomic E-state index is 0.0870. The smallest absolute Gasteiger partial charge is 0.306 e. The third-order valence-electron chi connectivity index (χ3n) is 2.54. The van der Waals surface area contributed by atoms with Gasteiger partial charge in [0.25, 0.3) is 0 Å². The van der Waals surface area contributed by atoms with Gasteiger partial charge in [-0.1, -0.05) is 0 Å². The van der Waals surface area contributed by atoms with Crippen molar-refractivity contribution in [3.8, 4) is 0 Å².